The van der Waals surface area contributed by atoms with E-state index in [1.165, 1.54) is 5.56 Å². The predicted molar refractivity (Wildman–Crippen MR) is 110 cm³/mol. The molecule has 2 aromatic carbocycles. The van der Waals surface area contributed by atoms with Crippen LogP contribution in [0.5, 0.6) is 11.5 Å². The summed E-state index contributed by atoms with van der Waals surface area (Å²) in [5.41, 5.74) is 1.72. The number of ether oxygens (including phenoxy) is 4. The van der Waals surface area contributed by atoms with E-state index in [1.54, 1.807) is 7.11 Å². The summed E-state index contributed by atoms with van der Waals surface area (Å²) in [5, 5.41) is 0. The number of carbonyl (C=O) groups excluding carboxylic acids is 1. The maximum absolute atomic E-state index is 12.2. The normalized spacial score (nSPS) is 19.6. The molecule has 1 saturated heterocycles. The average Bonchev–Trinajstić information content (AvgIpc) is 2.71. The fourth-order valence-electron chi connectivity index (χ4n) is 3.47. The third kappa shape index (κ3) is 6.48. The minimum Gasteiger partial charge on any atom is -0.497 e. The van der Waals surface area contributed by atoms with Gasteiger partial charge < -0.3 is 18.9 Å². The summed E-state index contributed by atoms with van der Waals surface area (Å²) in [6.45, 7) is 7.37. The Labute approximate surface area is 172 Å². The Morgan fingerprint density at radius 3 is 2.21 bits per heavy atom. The standard InChI is InChI=1S/C23H29NO5/c1-17-14-24(15-18(2)29-17)16-19-4-6-20(7-5-19)23(25)28-13-12-27-22-10-8-21(26-3)9-11-22/h4-11,17-18H,12-16H2,1-3H3/t17-,18-/m0/s1. The number of esters is 1. The Morgan fingerprint density at radius 1 is 0.966 bits per heavy atom. The van der Waals surface area contributed by atoms with Gasteiger partial charge in [0.15, 0.2) is 0 Å². The molecule has 2 atom stereocenters. The summed E-state index contributed by atoms with van der Waals surface area (Å²) in [5.74, 6) is 1.13. The third-order valence-corrected chi connectivity index (χ3v) is 4.74. The molecule has 0 saturated carbocycles. The molecule has 1 heterocycles. The van der Waals surface area contributed by atoms with Gasteiger partial charge in [-0.25, -0.2) is 4.79 Å². The monoisotopic (exact) mass is 399 g/mol. The molecule has 2 aromatic rings. The van der Waals surface area contributed by atoms with Crippen LogP contribution in [-0.2, 0) is 16.0 Å². The van der Waals surface area contributed by atoms with E-state index < -0.39 is 0 Å². The van der Waals surface area contributed by atoms with Crippen LogP contribution >= 0.6 is 0 Å². The molecule has 3 rings (SSSR count). The number of hydrogen-bond acceptors (Lipinski definition) is 6. The van der Waals surface area contributed by atoms with Crippen LogP contribution in [-0.4, -0.2) is 56.5 Å². The van der Waals surface area contributed by atoms with Crippen LogP contribution in [0.25, 0.3) is 0 Å². The molecule has 6 nitrogen and oxygen atoms in total. The van der Waals surface area contributed by atoms with Crippen LogP contribution in [0.15, 0.2) is 48.5 Å². The molecule has 0 aromatic heterocycles. The van der Waals surface area contributed by atoms with E-state index >= 15 is 0 Å². The number of hydrogen-bond donors (Lipinski definition) is 0. The topological polar surface area (TPSA) is 57.2 Å². The Kier molecular flexibility index (Phi) is 7.49. The first-order valence-electron chi connectivity index (χ1n) is 9.94. The molecule has 0 amide bonds. The summed E-state index contributed by atoms with van der Waals surface area (Å²) < 4.78 is 21.7. The summed E-state index contributed by atoms with van der Waals surface area (Å²) in [6.07, 6.45) is 0.487. The van der Waals surface area contributed by atoms with Gasteiger partial charge in [-0.1, -0.05) is 12.1 Å². The van der Waals surface area contributed by atoms with E-state index in [0.717, 1.165) is 25.4 Å². The van der Waals surface area contributed by atoms with Gasteiger partial charge in [-0.3, -0.25) is 4.90 Å². The van der Waals surface area contributed by atoms with E-state index in [2.05, 4.69) is 18.7 Å². The molecule has 6 heteroatoms. The smallest absolute Gasteiger partial charge is 0.338 e. The zero-order valence-corrected chi connectivity index (χ0v) is 17.3. The quantitative estimate of drug-likeness (QED) is 0.500. The van der Waals surface area contributed by atoms with Crippen molar-refractivity contribution < 1.29 is 23.7 Å². The van der Waals surface area contributed by atoms with Gasteiger partial charge in [-0.15, -0.1) is 0 Å². The van der Waals surface area contributed by atoms with Crippen LogP contribution in [0.4, 0.5) is 0 Å². The molecule has 0 spiro atoms. The molecular weight excluding hydrogens is 370 g/mol. The highest BCUT2D eigenvalue weighted by Gasteiger charge is 2.22. The highest BCUT2D eigenvalue weighted by Crippen LogP contribution is 2.17. The number of rotatable bonds is 8. The molecule has 0 aliphatic carbocycles. The van der Waals surface area contributed by atoms with E-state index in [4.69, 9.17) is 18.9 Å². The minimum absolute atomic E-state index is 0.191. The van der Waals surface area contributed by atoms with Crippen LogP contribution in [0.1, 0.15) is 29.8 Å². The van der Waals surface area contributed by atoms with Gasteiger partial charge in [0.05, 0.1) is 24.9 Å². The molecule has 0 radical (unpaired) electrons. The Hall–Kier alpha value is -2.57. The number of benzene rings is 2. The van der Waals surface area contributed by atoms with Gasteiger partial charge in [-0.05, 0) is 55.8 Å². The Bertz CT molecular complexity index is 765. The van der Waals surface area contributed by atoms with Crippen LogP contribution in [0.3, 0.4) is 0 Å². The molecule has 1 aliphatic heterocycles. The first kappa shape index (κ1) is 21.1. The van der Waals surface area contributed by atoms with Crippen LogP contribution in [0, 0.1) is 0 Å². The molecule has 0 unspecified atom stereocenters. The zero-order valence-electron chi connectivity index (χ0n) is 17.3. The Balaban J connectivity index is 1.41. The molecule has 0 N–H and O–H groups in total. The highest BCUT2D eigenvalue weighted by atomic mass is 16.6. The van der Waals surface area contributed by atoms with Crippen molar-refractivity contribution in [1.29, 1.82) is 0 Å². The van der Waals surface area contributed by atoms with Gasteiger partial charge in [0.2, 0.25) is 0 Å². The fraction of sp³-hybridized carbons (Fsp3) is 0.435. The lowest BCUT2D eigenvalue weighted by atomic mass is 10.1. The van der Waals surface area contributed by atoms with Crippen molar-refractivity contribution in [2.75, 3.05) is 33.4 Å². The van der Waals surface area contributed by atoms with Crippen molar-refractivity contribution in [3.63, 3.8) is 0 Å². The van der Waals surface area contributed by atoms with Crippen molar-refractivity contribution in [2.24, 2.45) is 0 Å². The average molecular weight is 399 g/mol. The van der Waals surface area contributed by atoms with Gasteiger partial charge >= 0.3 is 5.97 Å². The van der Waals surface area contributed by atoms with Gasteiger partial charge in [-0.2, -0.15) is 0 Å². The van der Waals surface area contributed by atoms with Crippen LogP contribution < -0.4 is 9.47 Å². The molecule has 1 aliphatic rings. The maximum atomic E-state index is 12.2. The largest absolute Gasteiger partial charge is 0.497 e. The van der Waals surface area contributed by atoms with Crippen molar-refractivity contribution in [2.45, 2.75) is 32.6 Å². The van der Waals surface area contributed by atoms with Gasteiger partial charge in [0.1, 0.15) is 24.7 Å². The molecule has 156 valence electrons. The molecule has 0 bridgehead atoms. The van der Waals surface area contributed by atoms with Crippen LogP contribution in [0.2, 0.25) is 0 Å². The fourth-order valence-corrected chi connectivity index (χ4v) is 3.47. The van der Waals surface area contributed by atoms with Crippen molar-refractivity contribution in [3.8, 4) is 11.5 Å². The lowest BCUT2D eigenvalue weighted by molar-refractivity contribution is -0.0704. The van der Waals surface area contributed by atoms with Crippen molar-refractivity contribution in [3.05, 3.63) is 59.7 Å². The maximum Gasteiger partial charge on any atom is 0.338 e. The SMILES string of the molecule is COc1ccc(OCCOC(=O)c2ccc(CN3C[C@H](C)O[C@@H](C)C3)cc2)cc1. The summed E-state index contributed by atoms with van der Waals surface area (Å²) >= 11 is 0. The molecular formula is C23H29NO5. The Morgan fingerprint density at radius 2 is 1.59 bits per heavy atom. The molecule has 1 fully saturated rings. The second kappa shape index (κ2) is 10.3. The first-order valence-corrected chi connectivity index (χ1v) is 9.94. The van der Waals surface area contributed by atoms with E-state index in [-0.39, 0.29) is 24.8 Å². The van der Waals surface area contributed by atoms with Gasteiger partial charge in [0.25, 0.3) is 0 Å². The number of nitrogens with zero attached hydrogens (tertiary/aromatic N) is 1. The molecule has 29 heavy (non-hydrogen) atoms. The number of morpholine rings is 1. The lowest BCUT2D eigenvalue weighted by Crippen LogP contribution is -2.44. The number of methoxy groups -OCH3 is 1. The van der Waals surface area contributed by atoms with E-state index in [1.807, 2.05) is 48.5 Å². The van der Waals surface area contributed by atoms with E-state index in [9.17, 15) is 4.79 Å². The van der Waals surface area contributed by atoms with Gasteiger partial charge in [0, 0.05) is 19.6 Å². The first-order chi connectivity index (χ1) is 14.0. The predicted octanol–water partition coefficient (Wildman–Crippen LogP) is 3.54. The van der Waals surface area contributed by atoms with Crippen molar-refractivity contribution >= 4 is 5.97 Å². The minimum atomic E-state index is -0.344. The summed E-state index contributed by atoms with van der Waals surface area (Å²) in [6, 6.07) is 14.9. The second-order valence-corrected chi connectivity index (χ2v) is 7.31. The summed E-state index contributed by atoms with van der Waals surface area (Å²) in [7, 11) is 1.62. The zero-order chi connectivity index (χ0) is 20.6. The third-order valence-electron chi connectivity index (χ3n) is 4.74. The summed E-state index contributed by atoms with van der Waals surface area (Å²) in [4.78, 5) is 14.6. The van der Waals surface area contributed by atoms with E-state index in [0.29, 0.717) is 17.9 Å². The number of carbonyl (C=O) groups is 1. The lowest BCUT2D eigenvalue weighted by Gasteiger charge is -2.35. The second-order valence-electron chi connectivity index (χ2n) is 7.31. The van der Waals surface area contributed by atoms with Crippen molar-refractivity contribution in [1.82, 2.24) is 4.90 Å². The highest BCUT2D eigenvalue weighted by molar-refractivity contribution is 5.89.